The summed E-state index contributed by atoms with van der Waals surface area (Å²) in [5.74, 6) is 0.888. The first-order valence-electron chi connectivity index (χ1n) is 9.39. The summed E-state index contributed by atoms with van der Waals surface area (Å²) < 4.78 is 7.47. The quantitative estimate of drug-likeness (QED) is 0.705. The maximum atomic E-state index is 5.57. The predicted octanol–water partition coefficient (Wildman–Crippen LogP) is 2.86. The zero-order valence-electron chi connectivity index (χ0n) is 15.5. The Kier molecular flexibility index (Phi) is 5.46. The summed E-state index contributed by atoms with van der Waals surface area (Å²) in [6, 6.07) is 17.5. The molecule has 1 saturated heterocycles. The van der Waals surface area contributed by atoms with Crippen LogP contribution in [0.2, 0.25) is 0 Å². The first-order valence-corrected chi connectivity index (χ1v) is 9.39. The van der Waals surface area contributed by atoms with Gasteiger partial charge in [-0.25, -0.2) is 0 Å². The van der Waals surface area contributed by atoms with Crippen LogP contribution in [0.3, 0.4) is 0 Å². The van der Waals surface area contributed by atoms with Gasteiger partial charge in [0.15, 0.2) is 0 Å². The minimum Gasteiger partial charge on any atom is -0.496 e. The van der Waals surface area contributed by atoms with E-state index in [1.54, 1.807) is 19.8 Å². The Morgan fingerprint density at radius 1 is 1.15 bits per heavy atom. The lowest BCUT2D eigenvalue weighted by Gasteiger charge is -2.34. The second-order valence-corrected chi connectivity index (χ2v) is 6.84. The van der Waals surface area contributed by atoms with Crippen molar-refractivity contribution in [3.8, 4) is 11.4 Å². The van der Waals surface area contributed by atoms with Gasteiger partial charge in [-0.05, 0) is 43.1 Å². The third-order valence-electron chi connectivity index (χ3n) is 5.15. The van der Waals surface area contributed by atoms with Gasteiger partial charge in [-0.2, -0.15) is 0 Å². The zero-order valence-corrected chi connectivity index (χ0v) is 15.5. The number of rotatable bonds is 6. The van der Waals surface area contributed by atoms with E-state index in [4.69, 9.17) is 4.74 Å². The Morgan fingerprint density at radius 3 is 2.74 bits per heavy atom. The molecule has 0 aliphatic carbocycles. The first-order chi connectivity index (χ1) is 13.3. The molecule has 2 atom stereocenters. The molecule has 1 aliphatic heterocycles. The average Bonchev–Trinajstić information content (AvgIpc) is 3.28. The normalized spacial score (nSPS) is 19.7. The molecule has 0 saturated carbocycles. The minimum absolute atomic E-state index is 0.326. The summed E-state index contributed by atoms with van der Waals surface area (Å²) in [5.41, 5.74) is 3.49. The fourth-order valence-electron chi connectivity index (χ4n) is 3.76. The highest BCUT2D eigenvalue weighted by atomic mass is 16.5. The van der Waals surface area contributed by atoms with Crippen molar-refractivity contribution in [2.24, 2.45) is 0 Å². The lowest BCUT2D eigenvalue weighted by molar-refractivity contribution is 0.303. The van der Waals surface area contributed by atoms with Crippen LogP contribution in [0.1, 0.15) is 30.0 Å². The first kappa shape index (κ1) is 17.7. The highest BCUT2D eigenvalue weighted by molar-refractivity contribution is 5.44. The fraction of sp³-hybridized carbons (Fsp3) is 0.333. The number of nitrogens with one attached hydrogen (secondary N) is 2. The van der Waals surface area contributed by atoms with E-state index in [1.165, 1.54) is 12.0 Å². The minimum atomic E-state index is 0.326. The maximum absolute atomic E-state index is 5.57. The van der Waals surface area contributed by atoms with Gasteiger partial charge in [0, 0.05) is 29.9 Å². The molecule has 0 radical (unpaired) electrons. The molecule has 0 bridgehead atoms. The summed E-state index contributed by atoms with van der Waals surface area (Å²) in [4.78, 5) is 0. The third kappa shape index (κ3) is 4.02. The molecule has 2 N–H and O–H groups in total. The molecule has 0 unspecified atom stereocenters. The fourth-order valence-corrected chi connectivity index (χ4v) is 3.76. The van der Waals surface area contributed by atoms with Crippen LogP contribution in [-0.4, -0.2) is 34.5 Å². The van der Waals surface area contributed by atoms with E-state index in [0.29, 0.717) is 12.1 Å². The van der Waals surface area contributed by atoms with Gasteiger partial charge in [0.25, 0.3) is 0 Å². The standard InChI is InChI=1S/C21H25N5O/c1-27-20-10-9-18(26-14-24-25-15-26)12-17(20)13-23-19-8-5-11-22-21(19)16-6-3-2-4-7-16/h2-4,6-7,9-10,12,14-15,19,21-23H,5,8,11,13H2,1H3/t19-,21-/m0/s1. The number of methoxy groups -OCH3 is 1. The number of hydrogen-bond donors (Lipinski definition) is 2. The summed E-state index contributed by atoms with van der Waals surface area (Å²) in [5, 5.41) is 15.2. The van der Waals surface area contributed by atoms with E-state index >= 15 is 0 Å². The van der Waals surface area contributed by atoms with Crippen LogP contribution in [0.5, 0.6) is 5.75 Å². The van der Waals surface area contributed by atoms with Gasteiger partial charge in [-0.1, -0.05) is 30.3 Å². The molecule has 140 valence electrons. The number of aromatic nitrogens is 3. The third-order valence-corrected chi connectivity index (χ3v) is 5.15. The SMILES string of the molecule is COc1ccc(-n2cnnc2)cc1CN[C@H]1CCCN[C@H]1c1ccccc1. The van der Waals surface area contributed by atoms with Gasteiger partial charge in [0.05, 0.1) is 7.11 Å². The Labute approximate surface area is 159 Å². The lowest BCUT2D eigenvalue weighted by Crippen LogP contribution is -2.45. The topological polar surface area (TPSA) is 64.0 Å². The molecule has 2 heterocycles. The Bertz CT molecular complexity index is 850. The van der Waals surface area contributed by atoms with Gasteiger partial charge in [-0.15, -0.1) is 10.2 Å². The van der Waals surface area contributed by atoms with Gasteiger partial charge >= 0.3 is 0 Å². The molecule has 1 fully saturated rings. The molecule has 27 heavy (non-hydrogen) atoms. The van der Waals surface area contributed by atoms with E-state index in [-0.39, 0.29) is 0 Å². The molecular weight excluding hydrogens is 338 g/mol. The van der Waals surface area contributed by atoms with Crippen molar-refractivity contribution in [1.82, 2.24) is 25.4 Å². The van der Waals surface area contributed by atoms with Crippen LogP contribution in [-0.2, 0) is 6.54 Å². The van der Waals surface area contributed by atoms with E-state index in [2.05, 4.69) is 57.2 Å². The molecule has 0 spiro atoms. The monoisotopic (exact) mass is 363 g/mol. The van der Waals surface area contributed by atoms with Crippen molar-refractivity contribution >= 4 is 0 Å². The second kappa shape index (κ2) is 8.33. The molecule has 4 rings (SSSR count). The number of ether oxygens (including phenoxy) is 1. The van der Waals surface area contributed by atoms with E-state index in [9.17, 15) is 0 Å². The smallest absolute Gasteiger partial charge is 0.123 e. The number of hydrogen-bond acceptors (Lipinski definition) is 5. The Hall–Kier alpha value is -2.70. The molecule has 6 nitrogen and oxygen atoms in total. The van der Waals surface area contributed by atoms with Crippen LogP contribution in [0, 0.1) is 0 Å². The molecule has 3 aromatic rings. The zero-order chi connectivity index (χ0) is 18.5. The van der Waals surface area contributed by atoms with Crippen molar-refractivity contribution in [3.05, 3.63) is 72.3 Å². The predicted molar refractivity (Wildman–Crippen MR) is 105 cm³/mol. The van der Waals surface area contributed by atoms with Crippen LogP contribution >= 0.6 is 0 Å². The summed E-state index contributed by atoms with van der Waals surface area (Å²) in [6.45, 7) is 1.80. The summed E-state index contributed by atoms with van der Waals surface area (Å²) in [6.07, 6.45) is 5.74. The molecule has 6 heteroatoms. The van der Waals surface area contributed by atoms with Crippen molar-refractivity contribution in [1.29, 1.82) is 0 Å². The van der Waals surface area contributed by atoms with Crippen molar-refractivity contribution in [3.63, 3.8) is 0 Å². The largest absolute Gasteiger partial charge is 0.496 e. The highest BCUT2D eigenvalue weighted by Gasteiger charge is 2.25. The van der Waals surface area contributed by atoms with Crippen LogP contribution in [0.25, 0.3) is 5.69 Å². The molecular formula is C21H25N5O. The summed E-state index contributed by atoms with van der Waals surface area (Å²) in [7, 11) is 1.71. The molecule has 2 aromatic carbocycles. The summed E-state index contributed by atoms with van der Waals surface area (Å²) >= 11 is 0. The molecule has 1 aliphatic rings. The highest BCUT2D eigenvalue weighted by Crippen LogP contribution is 2.26. The molecule has 1 aromatic heterocycles. The van der Waals surface area contributed by atoms with E-state index < -0.39 is 0 Å². The van der Waals surface area contributed by atoms with Gasteiger partial charge in [-0.3, -0.25) is 4.57 Å². The van der Waals surface area contributed by atoms with E-state index in [0.717, 1.165) is 36.5 Å². The van der Waals surface area contributed by atoms with Crippen molar-refractivity contribution < 1.29 is 4.74 Å². The van der Waals surface area contributed by atoms with Gasteiger partial charge in [0.1, 0.15) is 18.4 Å². The number of piperidine rings is 1. The van der Waals surface area contributed by atoms with Gasteiger partial charge < -0.3 is 15.4 Å². The maximum Gasteiger partial charge on any atom is 0.123 e. The van der Waals surface area contributed by atoms with E-state index in [1.807, 2.05) is 16.7 Å². The average molecular weight is 363 g/mol. The lowest BCUT2D eigenvalue weighted by atomic mass is 9.92. The number of nitrogens with zero attached hydrogens (tertiary/aromatic N) is 3. The van der Waals surface area contributed by atoms with Crippen molar-refractivity contribution in [2.45, 2.75) is 31.5 Å². The Balaban J connectivity index is 1.52. The van der Waals surface area contributed by atoms with Gasteiger partial charge in [0.2, 0.25) is 0 Å². The molecule has 0 amide bonds. The Morgan fingerprint density at radius 2 is 1.96 bits per heavy atom. The number of benzene rings is 2. The van der Waals surface area contributed by atoms with Crippen LogP contribution in [0.15, 0.2) is 61.2 Å². The van der Waals surface area contributed by atoms with Crippen LogP contribution in [0.4, 0.5) is 0 Å². The van der Waals surface area contributed by atoms with Crippen LogP contribution < -0.4 is 15.4 Å². The van der Waals surface area contributed by atoms with Crippen molar-refractivity contribution in [2.75, 3.05) is 13.7 Å². The second-order valence-electron chi connectivity index (χ2n) is 6.84.